The van der Waals surface area contributed by atoms with Crippen molar-refractivity contribution in [1.29, 1.82) is 0 Å². The summed E-state index contributed by atoms with van der Waals surface area (Å²) >= 11 is 9.58. The molecule has 1 fully saturated rings. The highest BCUT2D eigenvalue weighted by Crippen LogP contribution is 2.29. The van der Waals surface area contributed by atoms with Crippen molar-refractivity contribution in [2.75, 3.05) is 4.90 Å². The van der Waals surface area contributed by atoms with Crippen LogP contribution in [-0.4, -0.2) is 17.8 Å². The summed E-state index contributed by atoms with van der Waals surface area (Å²) in [6.45, 7) is 2.29. The molecule has 1 aliphatic heterocycles. The molecule has 6 nitrogen and oxygen atoms in total. The van der Waals surface area contributed by atoms with E-state index in [1.54, 1.807) is 30.3 Å². The first kappa shape index (κ1) is 23.7. The molecule has 1 aliphatic rings. The van der Waals surface area contributed by atoms with Crippen molar-refractivity contribution in [2.45, 2.75) is 20.0 Å². The zero-order chi connectivity index (χ0) is 24.2. The summed E-state index contributed by atoms with van der Waals surface area (Å²) in [5.41, 5.74) is 2.62. The van der Waals surface area contributed by atoms with Crippen LogP contribution in [0.4, 0.5) is 10.5 Å². The first-order valence-electron chi connectivity index (χ1n) is 10.5. The molecule has 0 unspecified atom stereocenters. The number of amides is 4. The number of nitrogens with zero attached hydrogens (tertiary/aromatic N) is 1. The number of rotatable bonds is 6. The Bertz CT molecular complexity index is 1290. The molecule has 4 amide bonds. The second-order valence-corrected chi connectivity index (χ2v) is 8.93. The van der Waals surface area contributed by atoms with Gasteiger partial charge in [0.05, 0.1) is 5.69 Å². The quantitative estimate of drug-likeness (QED) is 0.312. The molecule has 0 spiro atoms. The largest absolute Gasteiger partial charge is 0.488 e. The van der Waals surface area contributed by atoms with E-state index in [0.29, 0.717) is 22.0 Å². The van der Waals surface area contributed by atoms with E-state index in [2.05, 4.69) is 21.2 Å². The molecule has 0 aliphatic carbocycles. The molecule has 8 heteroatoms. The number of ether oxygens (including phenoxy) is 1. The third kappa shape index (κ3) is 5.21. The van der Waals surface area contributed by atoms with E-state index in [9.17, 15) is 14.4 Å². The summed E-state index contributed by atoms with van der Waals surface area (Å²) in [6.07, 6.45) is 2.21. The van der Waals surface area contributed by atoms with Crippen LogP contribution in [0.15, 0.2) is 76.8 Å². The maximum atomic E-state index is 13.2. The Kier molecular flexibility index (Phi) is 7.14. The number of hydrogen-bond acceptors (Lipinski definition) is 4. The number of anilines is 1. The molecular formula is C26H20BrClN2O4. The molecule has 3 aromatic carbocycles. The van der Waals surface area contributed by atoms with Gasteiger partial charge in [0.1, 0.15) is 17.9 Å². The predicted molar refractivity (Wildman–Crippen MR) is 135 cm³/mol. The van der Waals surface area contributed by atoms with E-state index in [-0.39, 0.29) is 12.2 Å². The average Bonchev–Trinajstić information content (AvgIpc) is 2.82. The summed E-state index contributed by atoms with van der Waals surface area (Å²) < 4.78 is 6.90. The summed E-state index contributed by atoms with van der Waals surface area (Å²) in [5.74, 6) is -1.07. The lowest BCUT2D eigenvalue weighted by molar-refractivity contribution is -0.122. The molecule has 3 aromatic rings. The smallest absolute Gasteiger partial charge is 0.335 e. The van der Waals surface area contributed by atoms with Crippen LogP contribution in [-0.2, 0) is 22.6 Å². The number of carbonyl (C=O) groups excluding carboxylic acids is 3. The lowest BCUT2D eigenvalue weighted by atomic mass is 10.1. The lowest BCUT2D eigenvalue weighted by Crippen LogP contribution is -2.54. The summed E-state index contributed by atoms with van der Waals surface area (Å²) in [7, 11) is 0. The Morgan fingerprint density at radius 2 is 1.65 bits per heavy atom. The number of aryl methyl sites for hydroxylation is 1. The first-order chi connectivity index (χ1) is 16.4. The van der Waals surface area contributed by atoms with Crippen molar-refractivity contribution >= 4 is 57.1 Å². The van der Waals surface area contributed by atoms with Crippen molar-refractivity contribution in [2.24, 2.45) is 0 Å². The monoisotopic (exact) mass is 538 g/mol. The Morgan fingerprint density at radius 3 is 2.32 bits per heavy atom. The number of barbiturate groups is 1. The summed E-state index contributed by atoms with van der Waals surface area (Å²) in [6, 6.07) is 18.8. The van der Waals surface area contributed by atoms with Crippen molar-refractivity contribution in [3.63, 3.8) is 0 Å². The molecule has 0 saturated carbocycles. The second-order valence-electron chi connectivity index (χ2n) is 7.58. The highest BCUT2D eigenvalue weighted by molar-refractivity contribution is 9.10. The van der Waals surface area contributed by atoms with Gasteiger partial charge < -0.3 is 4.74 Å². The van der Waals surface area contributed by atoms with Gasteiger partial charge in [-0.15, -0.1) is 0 Å². The molecule has 172 valence electrons. The average molecular weight is 540 g/mol. The number of urea groups is 1. The molecule has 1 saturated heterocycles. The molecular weight excluding hydrogens is 520 g/mol. The van der Waals surface area contributed by atoms with Gasteiger partial charge in [-0.1, -0.05) is 58.7 Å². The highest BCUT2D eigenvalue weighted by atomic mass is 79.9. The zero-order valence-corrected chi connectivity index (χ0v) is 20.5. The van der Waals surface area contributed by atoms with E-state index in [1.165, 1.54) is 6.08 Å². The molecule has 4 rings (SSSR count). The van der Waals surface area contributed by atoms with Gasteiger partial charge in [-0.2, -0.15) is 0 Å². The zero-order valence-electron chi connectivity index (χ0n) is 18.2. The number of carbonyl (C=O) groups is 3. The standard InChI is InChI=1S/C26H20BrClN2O4/c1-2-16-5-10-21(11-6-16)30-25(32)22(24(31)29-26(30)33)14-18-13-20(28)9-12-23(18)34-15-17-3-7-19(27)8-4-17/h3-14H,2,15H2,1H3,(H,29,31,33)/b22-14+. The maximum Gasteiger partial charge on any atom is 0.335 e. The van der Waals surface area contributed by atoms with Crippen LogP contribution in [0.2, 0.25) is 5.02 Å². The van der Waals surface area contributed by atoms with Crippen molar-refractivity contribution in [3.8, 4) is 5.75 Å². The van der Waals surface area contributed by atoms with Crippen LogP contribution in [0.25, 0.3) is 6.08 Å². The van der Waals surface area contributed by atoms with E-state index < -0.39 is 17.8 Å². The van der Waals surface area contributed by atoms with Gasteiger partial charge in [0.2, 0.25) is 0 Å². The van der Waals surface area contributed by atoms with Gasteiger partial charge in [-0.25, -0.2) is 9.69 Å². The summed E-state index contributed by atoms with van der Waals surface area (Å²) in [5, 5.41) is 2.65. The molecule has 34 heavy (non-hydrogen) atoms. The van der Waals surface area contributed by atoms with Gasteiger partial charge in [0.15, 0.2) is 0 Å². The SMILES string of the molecule is CCc1ccc(N2C(=O)NC(=O)/C(=C\c3cc(Cl)ccc3OCc3ccc(Br)cc3)C2=O)cc1. The van der Waals surface area contributed by atoms with Crippen LogP contribution >= 0.6 is 27.5 Å². The topological polar surface area (TPSA) is 75.7 Å². The number of halogens is 2. The van der Waals surface area contributed by atoms with Crippen molar-refractivity contribution in [1.82, 2.24) is 5.32 Å². The Morgan fingerprint density at radius 1 is 0.971 bits per heavy atom. The van der Waals surface area contributed by atoms with E-state index in [0.717, 1.165) is 26.9 Å². The van der Waals surface area contributed by atoms with Crippen LogP contribution < -0.4 is 15.0 Å². The third-order valence-corrected chi connectivity index (χ3v) is 6.05. The fourth-order valence-electron chi connectivity index (χ4n) is 3.43. The van der Waals surface area contributed by atoms with Crippen LogP contribution in [0.5, 0.6) is 5.75 Å². The fourth-order valence-corrected chi connectivity index (χ4v) is 3.88. The number of benzene rings is 3. The fraction of sp³-hybridized carbons (Fsp3) is 0.115. The normalized spacial score (nSPS) is 15.0. The number of nitrogens with one attached hydrogen (secondary N) is 1. The number of hydrogen-bond donors (Lipinski definition) is 1. The lowest BCUT2D eigenvalue weighted by Gasteiger charge is -2.26. The predicted octanol–water partition coefficient (Wildman–Crippen LogP) is 5.91. The van der Waals surface area contributed by atoms with Crippen molar-refractivity contribution < 1.29 is 19.1 Å². The third-order valence-electron chi connectivity index (χ3n) is 5.28. The van der Waals surface area contributed by atoms with E-state index in [4.69, 9.17) is 16.3 Å². The number of imide groups is 2. The molecule has 0 atom stereocenters. The van der Waals surface area contributed by atoms with Crippen LogP contribution in [0, 0.1) is 0 Å². The van der Waals surface area contributed by atoms with E-state index >= 15 is 0 Å². The highest BCUT2D eigenvalue weighted by Gasteiger charge is 2.37. The molecule has 0 radical (unpaired) electrons. The maximum absolute atomic E-state index is 13.2. The molecule has 0 bridgehead atoms. The minimum atomic E-state index is -0.797. The van der Waals surface area contributed by atoms with Crippen LogP contribution in [0.3, 0.4) is 0 Å². The Labute approximate surface area is 210 Å². The van der Waals surface area contributed by atoms with Gasteiger partial charge >= 0.3 is 6.03 Å². The Hall–Kier alpha value is -3.42. The van der Waals surface area contributed by atoms with Crippen molar-refractivity contribution in [3.05, 3.63) is 98.5 Å². The molecule has 1 heterocycles. The van der Waals surface area contributed by atoms with Gasteiger partial charge in [0, 0.05) is 15.1 Å². The van der Waals surface area contributed by atoms with Gasteiger partial charge in [-0.05, 0) is 66.1 Å². The molecule has 1 N–H and O–H groups in total. The van der Waals surface area contributed by atoms with E-state index in [1.807, 2.05) is 43.3 Å². The minimum Gasteiger partial charge on any atom is -0.488 e. The van der Waals surface area contributed by atoms with Gasteiger partial charge in [-0.3, -0.25) is 14.9 Å². The Balaban J connectivity index is 1.65. The summed E-state index contributed by atoms with van der Waals surface area (Å²) in [4.78, 5) is 39.2. The first-order valence-corrected chi connectivity index (χ1v) is 11.7. The molecule has 0 aromatic heterocycles. The minimum absolute atomic E-state index is 0.199. The van der Waals surface area contributed by atoms with Gasteiger partial charge in [0.25, 0.3) is 11.8 Å². The van der Waals surface area contributed by atoms with Crippen LogP contribution in [0.1, 0.15) is 23.6 Å². The second kappa shape index (κ2) is 10.2.